The van der Waals surface area contributed by atoms with Crippen molar-refractivity contribution in [3.63, 3.8) is 0 Å². The largest absolute Gasteiger partial charge is 0.473 e. The Bertz CT molecular complexity index is 197. The summed E-state index contributed by atoms with van der Waals surface area (Å²) in [6.45, 7) is 4.33. The highest BCUT2D eigenvalue weighted by atomic mass is 16.5. The molecule has 0 spiro atoms. The average Bonchev–Trinajstić information content (AvgIpc) is 2.26. The molecule has 0 saturated heterocycles. The first-order chi connectivity index (χ1) is 7.41. The molecule has 1 nitrogen and oxygen atoms in total. The van der Waals surface area contributed by atoms with Gasteiger partial charge in [-0.3, -0.25) is 0 Å². The fraction of sp³-hybridized carbons (Fsp3) is 0.429. The van der Waals surface area contributed by atoms with Crippen LogP contribution in [0.3, 0.4) is 0 Å². The summed E-state index contributed by atoms with van der Waals surface area (Å²) in [5.74, 6) is 0. The molecule has 0 heterocycles. The van der Waals surface area contributed by atoms with E-state index in [9.17, 15) is 0 Å². The third-order valence-corrected chi connectivity index (χ3v) is 1.72. The maximum Gasteiger partial charge on any atom is 0.0901 e. The van der Waals surface area contributed by atoms with Crippen LogP contribution in [0.4, 0.5) is 0 Å². The summed E-state index contributed by atoms with van der Waals surface area (Å²) in [4.78, 5) is 0. The molecule has 15 heavy (non-hydrogen) atoms. The van der Waals surface area contributed by atoms with Crippen molar-refractivity contribution in [3.8, 4) is 0 Å². The third-order valence-electron chi connectivity index (χ3n) is 1.72. The second kappa shape index (κ2) is 12.8. The summed E-state index contributed by atoms with van der Waals surface area (Å²) >= 11 is 0. The van der Waals surface area contributed by atoms with Gasteiger partial charge in [0.25, 0.3) is 0 Å². The molecule has 0 aliphatic rings. The van der Waals surface area contributed by atoms with E-state index in [2.05, 4.69) is 26.0 Å². The maximum atomic E-state index is 5.13. The van der Waals surface area contributed by atoms with E-state index in [1.165, 1.54) is 12.8 Å². The minimum atomic E-state index is 1.12. The van der Waals surface area contributed by atoms with Crippen molar-refractivity contribution in [2.75, 3.05) is 0 Å². The van der Waals surface area contributed by atoms with Crippen LogP contribution < -0.4 is 0 Å². The van der Waals surface area contributed by atoms with E-state index in [1.54, 1.807) is 12.5 Å². The quantitative estimate of drug-likeness (QED) is 0.411. The van der Waals surface area contributed by atoms with E-state index in [1.807, 2.05) is 24.3 Å². The highest BCUT2D eigenvalue weighted by Crippen LogP contribution is 1.91. The molecule has 84 valence electrons. The molecular formula is C14H22O. The van der Waals surface area contributed by atoms with Gasteiger partial charge in [-0.15, -0.1) is 0 Å². The summed E-state index contributed by atoms with van der Waals surface area (Å²) in [6.07, 6.45) is 20.0. The van der Waals surface area contributed by atoms with Crippen LogP contribution in [0.15, 0.2) is 49.0 Å². The van der Waals surface area contributed by atoms with Crippen molar-refractivity contribution in [2.45, 2.75) is 39.5 Å². The standard InChI is InChI=1S/C14H22O/c1-3-5-7-9-11-13-15-14-12-10-8-6-4-2/h7-14H,3-6H2,1-2H3/b9-7+,10-8+,13-11+,14-12+. The third kappa shape index (κ3) is 12.8. The van der Waals surface area contributed by atoms with Gasteiger partial charge in [0.15, 0.2) is 0 Å². The minimum absolute atomic E-state index is 1.12. The van der Waals surface area contributed by atoms with E-state index in [0.717, 1.165) is 12.8 Å². The van der Waals surface area contributed by atoms with Gasteiger partial charge < -0.3 is 4.74 Å². The summed E-state index contributed by atoms with van der Waals surface area (Å²) < 4.78 is 5.13. The molecule has 0 aliphatic carbocycles. The molecule has 0 unspecified atom stereocenters. The molecular weight excluding hydrogens is 184 g/mol. The minimum Gasteiger partial charge on any atom is -0.473 e. The lowest BCUT2D eigenvalue weighted by molar-refractivity contribution is 0.403. The van der Waals surface area contributed by atoms with Gasteiger partial charge in [0.05, 0.1) is 12.5 Å². The van der Waals surface area contributed by atoms with Gasteiger partial charge in [0.1, 0.15) is 0 Å². The Kier molecular flexibility index (Phi) is 11.7. The van der Waals surface area contributed by atoms with Crippen LogP contribution >= 0.6 is 0 Å². The number of hydrogen-bond acceptors (Lipinski definition) is 1. The van der Waals surface area contributed by atoms with Crippen LogP contribution in [0.2, 0.25) is 0 Å². The number of unbranched alkanes of at least 4 members (excludes halogenated alkanes) is 2. The Labute approximate surface area is 93.8 Å². The molecule has 0 aliphatic heterocycles. The number of allylic oxidation sites excluding steroid dienone is 6. The first kappa shape index (κ1) is 13.8. The Morgan fingerprint density at radius 1 is 0.733 bits per heavy atom. The molecule has 0 aromatic carbocycles. The fourth-order valence-corrected chi connectivity index (χ4v) is 0.910. The van der Waals surface area contributed by atoms with Crippen molar-refractivity contribution in [3.05, 3.63) is 49.0 Å². The molecule has 0 fully saturated rings. The molecule has 0 atom stereocenters. The number of rotatable bonds is 8. The van der Waals surface area contributed by atoms with Gasteiger partial charge in [-0.1, -0.05) is 51.0 Å². The molecule has 0 aromatic heterocycles. The van der Waals surface area contributed by atoms with Crippen molar-refractivity contribution >= 4 is 0 Å². The lowest BCUT2D eigenvalue weighted by atomic mass is 10.3. The molecule has 0 radical (unpaired) electrons. The summed E-state index contributed by atoms with van der Waals surface area (Å²) in [7, 11) is 0. The molecule has 0 N–H and O–H groups in total. The zero-order valence-corrected chi connectivity index (χ0v) is 9.86. The van der Waals surface area contributed by atoms with Crippen molar-refractivity contribution in [1.82, 2.24) is 0 Å². The van der Waals surface area contributed by atoms with E-state index in [4.69, 9.17) is 4.74 Å². The monoisotopic (exact) mass is 206 g/mol. The lowest BCUT2D eigenvalue weighted by Crippen LogP contribution is -1.64. The van der Waals surface area contributed by atoms with Gasteiger partial charge in [0.2, 0.25) is 0 Å². The molecule has 0 saturated carbocycles. The summed E-state index contributed by atoms with van der Waals surface area (Å²) in [6, 6.07) is 0. The zero-order valence-electron chi connectivity index (χ0n) is 9.86. The van der Waals surface area contributed by atoms with E-state index in [0.29, 0.717) is 0 Å². The predicted octanol–water partition coefficient (Wildman–Crippen LogP) is 4.74. The summed E-state index contributed by atoms with van der Waals surface area (Å²) in [5.41, 5.74) is 0. The molecule has 0 bridgehead atoms. The van der Waals surface area contributed by atoms with Crippen LogP contribution in [0.1, 0.15) is 39.5 Å². The van der Waals surface area contributed by atoms with Gasteiger partial charge in [0, 0.05) is 0 Å². The fourth-order valence-electron chi connectivity index (χ4n) is 0.910. The molecule has 0 amide bonds. The van der Waals surface area contributed by atoms with Crippen LogP contribution in [0.25, 0.3) is 0 Å². The SMILES string of the molecule is CCC/C=C/C=C/O/C=C/C=C/CCC. The van der Waals surface area contributed by atoms with Crippen LogP contribution in [0, 0.1) is 0 Å². The topological polar surface area (TPSA) is 9.23 Å². The van der Waals surface area contributed by atoms with E-state index in [-0.39, 0.29) is 0 Å². The predicted molar refractivity (Wildman–Crippen MR) is 67.5 cm³/mol. The van der Waals surface area contributed by atoms with E-state index >= 15 is 0 Å². The number of hydrogen-bond donors (Lipinski definition) is 0. The van der Waals surface area contributed by atoms with Gasteiger partial charge in [-0.2, -0.15) is 0 Å². The number of ether oxygens (including phenoxy) is 1. The van der Waals surface area contributed by atoms with Gasteiger partial charge in [-0.25, -0.2) is 0 Å². The van der Waals surface area contributed by atoms with Gasteiger partial charge in [-0.05, 0) is 25.0 Å². The van der Waals surface area contributed by atoms with E-state index < -0.39 is 0 Å². The Balaban J connectivity index is 3.43. The second-order valence-electron chi connectivity index (χ2n) is 3.23. The van der Waals surface area contributed by atoms with Crippen molar-refractivity contribution < 1.29 is 4.74 Å². The second-order valence-corrected chi connectivity index (χ2v) is 3.23. The summed E-state index contributed by atoms with van der Waals surface area (Å²) in [5, 5.41) is 0. The maximum absolute atomic E-state index is 5.13. The normalized spacial score (nSPS) is 12.7. The lowest BCUT2D eigenvalue weighted by Gasteiger charge is -1.86. The van der Waals surface area contributed by atoms with Crippen LogP contribution in [-0.2, 0) is 4.74 Å². The smallest absolute Gasteiger partial charge is 0.0901 e. The first-order valence-electron chi connectivity index (χ1n) is 5.70. The van der Waals surface area contributed by atoms with Crippen molar-refractivity contribution in [2.24, 2.45) is 0 Å². The Hall–Kier alpha value is -1.24. The molecule has 1 heteroatoms. The first-order valence-corrected chi connectivity index (χ1v) is 5.70. The van der Waals surface area contributed by atoms with Gasteiger partial charge >= 0.3 is 0 Å². The highest BCUT2D eigenvalue weighted by Gasteiger charge is 1.71. The van der Waals surface area contributed by atoms with Crippen LogP contribution in [-0.4, -0.2) is 0 Å². The Morgan fingerprint density at radius 3 is 1.60 bits per heavy atom. The zero-order chi connectivity index (χ0) is 11.2. The Morgan fingerprint density at radius 2 is 1.20 bits per heavy atom. The molecule has 0 rings (SSSR count). The van der Waals surface area contributed by atoms with Crippen molar-refractivity contribution in [1.29, 1.82) is 0 Å². The highest BCUT2D eigenvalue weighted by molar-refractivity contribution is 5.02. The average molecular weight is 206 g/mol. The molecule has 0 aromatic rings. The van der Waals surface area contributed by atoms with Crippen LogP contribution in [0.5, 0.6) is 0 Å².